The van der Waals surface area contributed by atoms with Crippen LogP contribution in [0.25, 0.3) is 0 Å². The maximum Gasteiger partial charge on any atom is 0.167 e. The number of Topliss-reactive ketones (excluding diaryl/α,β-unsaturated/α-hetero) is 1. The summed E-state index contributed by atoms with van der Waals surface area (Å²) in [6.45, 7) is 2.73. The van der Waals surface area contributed by atoms with E-state index in [2.05, 4.69) is 17.9 Å². The molecule has 0 saturated carbocycles. The van der Waals surface area contributed by atoms with Crippen molar-refractivity contribution in [2.45, 2.75) is 19.4 Å². The first kappa shape index (κ1) is 14.9. The van der Waals surface area contributed by atoms with Crippen molar-refractivity contribution < 1.29 is 9.18 Å². The molecule has 20 heavy (non-hydrogen) atoms. The van der Waals surface area contributed by atoms with Gasteiger partial charge in [-0.05, 0) is 37.6 Å². The van der Waals surface area contributed by atoms with E-state index in [1.165, 1.54) is 10.9 Å². The molecule has 0 radical (unpaired) electrons. The summed E-state index contributed by atoms with van der Waals surface area (Å²) in [6, 6.07) is 10.5. The van der Waals surface area contributed by atoms with Crippen molar-refractivity contribution in [3.05, 3.63) is 58.0 Å². The number of carbonyl (C=O) groups excluding carboxylic acids is 1. The second-order valence-corrected chi connectivity index (χ2v) is 5.80. The van der Waals surface area contributed by atoms with Gasteiger partial charge >= 0.3 is 0 Å². The van der Waals surface area contributed by atoms with Gasteiger partial charge in [-0.1, -0.05) is 18.2 Å². The van der Waals surface area contributed by atoms with Crippen LogP contribution in [0, 0.1) is 5.82 Å². The number of carbonyl (C=O) groups is 1. The SMILES string of the molecule is CC(c1cccs1)N(C)CCC(=O)c1ccccc1F. The Labute approximate surface area is 122 Å². The van der Waals surface area contributed by atoms with Crippen LogP contribution in [0.5, 0.6) is 0 Å². The second kappa shape index (κ2) is 6.77. The quantitative estimate of drug-likeness (QED) is 0.745. The van der Waals surface area contributed by atoms with Crippen molar-refractivity contribution >= 4 is 17.1 Å². The third kappa shape index (κ3) is 3.52. The molecule has 0 saturated heterocycles. The number of rotatable bonds is 6. The standard InChI is InChI=1S/C16H18FNOS/c1-12(16-8-5-11-20-16)18(2)10-9-15(19)13-6-3-4-7-14(13)17/h3-8,11-12H,9-10H2,1-2H3. The smallest absolute Gasteiger partial charge is 0.167 e. The Balaban J connectivity index is 1.92. The van der Waals surface area contributed by atoms with E-state index in [4.69, 9.17) is 0 Å². The Morgan fingerprint density at radius 2 is 2.05 bits per heavy atom. The molecule has 0 N–H and O–H groups in total. The average molecular weight is 291 g/mol. The topological polar surface area (TPSA) is 20.3 Å². The lowest BCUT2D eigenvalue weighted by atomic mass is 10.1. The fourth-order valence-electron chi connectivity index (χ4n) is 2.04. The molecule has 1 unspecified atom stereocenters. The van der Waals surface area contributed by atoms with Crippen LogP contribution in [-0.4, -0.2) is 24.3 Å². The molecule has 0 aliphatic heterocycles. The molecule has 4 heteroatoms. The molecule has 1 aromatic carbocycles. The molecule has 1 atom stereocenters. The van der Waals surface area contributed by atoms with Crippen LogP contribution >= 0.6 is 11.3 Å². The van der Waals surface area contributed by atoms with E-state index in [1.807, 2.05) is 18.5 Å². The molecule has 0 spiro atoms. The summed E-state index contributed by atoms with van der Waals surface area (Å²) < 4.78 is 13.5. The van der Waals surface area contributed by atoms with Crippen LogP contribution in [0.1, 0.15) is 34.6 Å². The van der Waals surface area contributed by atoms with Gasteiger partial charge in [0.25, 0.3) is 0 Å². The van der Waals surface area contributed by atoms with Gasteiger partial charge in [0.05, 0.1) is 5.56 Å². The number of thiophene rings is 1. The monoisotopic (exact) mass is 291 g/mol. The van der Waals surface area contributed by atoms with Crippen LogP contribution in [0.15, 0.2) is 41.8 Å². The zero-order valence-electron chi connectivity index (χ0n) is 11.7. The highest BCUT2D eigenvalue weighted by Gasteiger charge is 2.16. The Morgan fingerprint density at radius 3 is 2.70 bits per heavy atom. The number of hydrogen-bond donors (Lipinski definition) is 0. The second-order valence-electron chi connectivity index (χ2n) is 4.83. The maximum absolute atomic E-state index is 13.5. The van der Waals surface area contributed by atoms with Gasteiger partial charge in [0, 0.05) is 23.9 Å². The van der Waals surface area contributed by atoms with Gasteiger partial charge < -0.3 is 0 Å². The molecular weight excluding hydrogens is 273 g/mol. The van der Waals surface area contributed by atoms with Crippen molar-refractivity contribution in [3.63, 3.8) is 0 Å². The van der Waals surface area contributed by atoms with E-state index in [9.17, 15) is 9.18 Å². The molecule has 0 aliphatic carbocycles. The van der Waals surface area contributed by atoms with Crippen LogP contribution in [0.4, 0.5) is 4.39 Å². The average Bonchev–Trinajstić information content (AvgIpc) is 2.98. The lowest BCUT2D eigenvalue weighted by Gasteiger charge is -2.23. The van der Waals surface area contributed by atoms with Gasteiger partial charge in [-0.15, -0.1) is 11.3 Å². The van der Waals surface area contributed by atoms with Gasteiger partial charge in [-0.25, -0.2) is 4.39 Å². The van der Waals surface area contributed by atoms with Crippen molar-refractivity contribution in [2.24, 2.45) is 0 Å². The number of nitrogens with zero attached hydrogens (tertiary/aromatic N) is 1. The first-order chi connectivity index (χ1) is 9.59. The highest BCUT2D eigenvalue weighted by atomic mass is 32.1. The Kier molecular flexibility index (Phi) is 5.04. The molecule has 1 heterocycles. The van der Waals surface area contributed by atoms with E-state index in [0.29, 0.717) is 13.0 Å². The lowest BCUT2D eigenvalue weighted by molar-refractivity contribution is 0.0958. The summed E-state index contributed by atoms with van der Waals surface area (Å²) in [7, 11) is 1.99. The van der Waals surface area contributed by atoms with Crippen molar-refractivity contribution in [1.29, 1.82) is 0 Å². The van der Waals surface area contributed by atoms with Gasteiger partial charge in [0.15, 0.2) is 5.78 Å². The molecule has 2 aromatic rings. The van der Waals surface area contributed by atoms with Gasteiger partial charge in [-0.3, -0.25) is 9.69 Å². The van der Waals surface area contributed by atoms with Gasteiger partial charge in [-0.2, -0.15) is 0 Å². The van der Waals surface area contributed by atoms with E-state index in [0.717, 1.165) is 0 Å². The summed E-state index contributed by atoms with van der Waals surface area (Å²) >= 11 is 1.71. The minimum absolute atomic E-state index is 0.145. The van der Waals surface area contributed by atoms with E-state index < -0.39 is 5.82 Å². The maximum atomic E-state index is 13.5. The van der Waals surface area contributed by atoms with E-state index in [1.54, 1.807) is 29.5 Å². The Morgan fingerprint density at radius 1 is 1.30 bits per heavy atom. The molecule has 2 nitrogen and oxygen atoms in total. The third-order valence-corrected chi connectivity index (χ3v) is 4.52. The normalized spacial score (nSPS) is 12.6. The van der Waals surface area contributed by atoms with Crippen LogP contribution in [0.3, 0.4) is 0 Å². The van der Waals surface area contributed by atoms with E-state index in [-0.39, 0.29) is 17.4 Å². The molecule has 106 valence electrons. The summed E-state index contributed by atoms with van der Waals surface area (Å²) in [5.74, 6) is -0.584. The van der Waals surface area contributed by atoms with Crippen LogP contribution in [-0.2, 0) is 0 Å². The van der Waals surface area contributed by atoms with Crippen molar-refractivity contribution in [2.75, 3.05) is 13.6 Å². The molecule has 0 amide bonds. The summed E-state index contributed by atoms with van der Waals surface area (Å²) in [5, 5.41) is 2.05. The number of hydrogen-bond acceptors (Lipinski definition) is 3. The highest BCUT2D eigenvalue weighted by molar-refractivity contribution is 7.10. The fraction of sp³-hybridized carbons (Fsp3) is 0.312. The summed E-state index contributed by atoms with van der Waals surface area (Å²) in [6.07, 6.45) is 0.327. The zero-order chi connectivity index (χ0) is 14.5. The zero-order valence-corrected chi connectivity index (χ0v) is 12.5. The third-order valence-electron chi connectivity index (χ3n) is 3.48. The largest absolute Gasteiger partial charge is 0.298 e. The minimum atomic E-state index is -0.438. The highest BCUT2D eigenvalue weighted by Crippen LogP contribution is 2.23. The number of benzene rings is 1. The number of halogens is 1. The lowest BCUT2D eigenvalue weighted by Crippen LogP contribution is -2.25. The molecule has 2 rings (SSSR count). The Bertz CT molecular complexity index is 568. The first-order valence-corrected chi connectivity index (χ1v) is 7.49. The minimum Gasteiger partial charge on any atom is -0.298 e. The van der Waals surface area contributed by atoms with Crippen LogP contribution < -0.4 is 0 Å². The van der Waals surface area contributed by atoms with Gasteiger partial charge in [0.2, 0.25) is 0 Å². The summed E-state index contributed by atoms with van der Waals surface area (Å²) in [5.41, 5.74) is 0.185. The van der Waals surface area contributed by atoms with E-state index >= 15 is 0 Å². The predicted molar refractivity (Wildman–Crippen MR) is 80.7 cm³/mol. The molecule has 0 fully saturated rings. The molecule has 1 aromatic heterocycles. The fourth-order valence-corrected chi connectivity index (χ4v) is 2.89. The predicted octanol–water partition coefficient (Wildman–Crippen LogP) is 4.15. The Hall–Kier alpha value is -1.52. The van der Waals surface area contributed by atoms with Gasteiger partial charge in [0.1, 0.15) is 5.82 Å². The molecular formula is C16H18FNOS. The molecule has 0 aliphatic rings. The van der Waals surface area contributed by atoms with Crippen molar-refractivity contribution in [1.82, 2.24) is 4.90 Å². The number of ketones is 1. The van der Waals surface area contributed by atoms with Crippen molar-refractivity contribution in [3.8, 4) is 0 Å². The van der Waals surface area contributed by atoms with Crippen LogP contribution in [0.2, 0.25) is 0 Å². The first-order valence-electron chi connectivity index (χ1n) is 6.61. The molecule has 0 bridgehead atoms. The summed E-state index contributed by atoms with van der Waals surface area (Å²) in [4.78, 5) is 15.4.